The van der Waals surface area contributed by atoms with Gasteiger partial charge in [-0.3, -0.25) is 19.0 Å². The first kappa shape index (κ1) is 19.3. The van der Waals surface area contributed by atoms with Crippen LogP contribution in [0.2, 0.25) is 5.15 Å². The van der Waals surface area contributed by atoms with Crippen LogP contribution in [-0.2, 0) is 16.0 Å². The molecule has 0 aliphatic heterocycles. The molecule has 0 saturated heterocycles. The number of nitrogens with zero attached hydrogens (tertiary/aromatic N) is 2. The van der Waals surface area contributed by atoms with Crippen molar-refractivity contribution < 1.29 is 14.4 Å². The van der Waals surface area contributed by atoms with Crippen molar-refractivity contribution >= 4 is 29.2 Å². The van der Waals surface area contributed by atoms with Crippen molar-refractivity contribution in [2.75, 3.05) is 0 Å². The number of nitrogens with one attached hydrogen (secondary N) is 1. The van der Waals surface area contributed by atoms with E-state index in [1.165, 1.54) is 10.9 Å². The van der Waals surface area contributed by atoms with Gasteiger partial charge in [-0.2, -0.15) is 0 Å². The lowest BCUT2D eigenvalue weighted by Gasteiger charge is -2.17. The number of amides is 2. The molecule has 0 fully saturated rings. The molecule has 2 amide bonds. The first-order valence-corrected chi connectivity index (χ1v) is 8.82. The van der Waals surface area contributed by atoms with Crippen LogP contribution in [0.15, 0.2) is 67.0 Å². The largest absolute Gasteiger partial charge is 0.363 e. The van der Waals surface area contributed by atoms with Crippen LogP contribution in [-0.4, -0.2) is 33.2 Å². The number of hydrogen-bond acceptors (Lipinski definition) is 4. The highest BCUT2D eigenvalue weighted by Crippen LogP contribution is 2.19. The Hall–Kier alpha value is -3.45. The Kier molecular flexibility index (Phi) is 5.86. The molecule has 0 aliphatic carbocycles. The molecule has 0 bridgehead atoms. The topological polar surface area (TPSA) is 107 Å². The van der Waals surface area contributed by atoms with Gasteiger partial charge in [0.1, 0.15) is 12.4 Å². The predicted octanol–water partition coefficient (Wildman–Crippen LogP) is 1.92. The van der Waals surface area contributed by atoms with Crippen LogP contribution in [0.3, 0.4) is 0 Å². The zero-order valence-corrected chi connectivity index (χ0v) is 15.5. The number of imidazole rings is 1. The number of Topliss-reactive ketones (excluding diaryl/α,β-unsaturated/α-hetero) is 1. The van der Waals surface area contributed by atoms with Gasteiger partial charge in [-0.05, 0) is 17.7 Å². The molecule has 1 heterocycles. The molecule has 0 spiro atoms. The van der Waals surface area contributed by atoms with Crippen LogP contribution < -0.4 is 11.1 Å². The van der Waals surface area contributed by atoms with Crippen LogP contribution in [0.25, 0.3) is 5.69 Å². The molecule has 0 radical (unpaired) electrons. The van der Waals surface area contributed by atoms with E-state index in [1.807, 2.05) is 12.1 Å². The first-order chi connectivity index (χ1) is 13.5. The second-order valence-corrected chi connectivity index (χ2v) is 6.39. The standard InChI is InChI=1S/C20H17ClN4O3/c21-18-16(25(12-23-18)14-9-5-2-6-10-14)20(28)24-15(17(26)19(22)27)11-13-7-3-1-4-8-13/h1-10,12,15H,11H2,(H2,22,27)(H,24,28). The molecule has 0 saturated carbocycles. The van der Waals surface area contributed by atoms with E-state index < -0.39 is 23.6 Å². The maximum absolute atomic E-state index is 12.9. The summed E-state index contributed by atoms with van der Waals surface area (Å²) in [5, 5.41) is 2.54. The zero-order valence-electron chi connectivity index (χ0n) is 14.7. The average molecular weight is 397 g/mol. The van der Waals surface area contributed by atoms with Gasteiger partial charge >= 0.3 is 0 Å². The summed E-state index contributed by atoms with van der Waals surface area (Å²) in [6, 6.07) is 16.9. The molecule has 7 nitrogen and oxygen atoms in total. The molecule has 8 heteroatoms. The van der Waals surface area contributed by atoms with E-state index in [-0.39, 0.29) is 17.3 Å². The Labute approximate surface area is 166 Å². The molecular weight excluding hydrogens is 380 g/mol. The smallest absolute Gasteiger partial charge is 0.287 e. The molecule has 142 valence electrons. The van der Waals surface area contributed by atoms with E-state index >= 15 is 0 Å². The zero-order chi connectivity index (χ0) is 20.1. The number of benzene rings is 2. The summed E-state index contributed by atoms with van der Waals surface area (Å²) in [6.45, 7) is 0. The minimum atomic E-state index is -1.12. The number of aromatic nitrogens is 2. The van der Waals surface area contributed by atoms with E-state index in [0.29, 0.717) is 5.69 Å². The molecule has 1 aromatic heterocycles. The molecule has 1 unspecified atom stereocenters. The summed E-state index contributed by atoms with van der Waals surface area (Å²) in [7, 11) is 0. The Balaban J connectivity index is 1.89. The van der Waals surface area contributed by atoms with Gasteiger partial charge in [0.2, 0.25) is 5.78 Å². The maximum atomic E-state index is 12.9. The fraction of sp³-hybridized carbons (Fsp3) is 0.100. The average Bonchev–Trinajstić information content (AvgIpc) is 3.10. The summed E-state index contributed by atoms with van der Waals surface area (Å²) >= 11 is 6.11. The SMILES string of the molecule is NC(=O)C(=O)C(Cc1ccccc1)NC(=O)c1c(Cl)ncn1-c1ccccc1. The molecule has 1 atom stereocenters. The lowest BCUT2D eigenvalue weighted by Crippen LogP contribution is -2.47. The van der Waals surface area contributed by atoms with Crippen molar-refractivity contribution in [2.24, 2.45) is 5.73 Å². The van der Waals surface area contributed by atoms with E-state index in [9.17, 15) is 14.4 Å². The van der Waals surface area contributed by atoms with Crippen LogP contribution in [0, 0.1) is 0 Å². The van der Waals surface area contributed by atoms with Crippen molar-refractivity contribution in [1.29, 1.82) is 0 Å². The van der Waals surface area contributed by atoms with E-state index in [2.05, 4.69) is 10.3 Å². The molecule has 0 aliphatic rings. The molecule has 3 rings (SSSR count). The number of hydrogen-bond donors (Lipinski definition) is 2. The summed E-state index contributed by atoms with van der Waals surface area (Å²) in [5.41, 5.74) is 6.65. The van der Waals surface area contributed by atoms with Crippen molar-refractivity contribution in [1.82, 2.24) is 14.9 Å². The molecule has 28 heavy (non-hydrogen) atoms. The van der Waals surface area contributed by atoms with Gasteiger partial charge in [0.25, 0.3) is 11.8 Å². The summed E-state index contributed by atoms with van der Waals surface area (Å²) < 4.78 is 1.51. The Morgan fingerprint density at radius 2 is 1.64 bits per heavy atom. The van der Waals surface area contributed by atoms with Crippen LogP contribution >= 0.6 is 11.6 Å². The van der Waals surface area contributed by atoms with Crippen LogP contribution in [0.1, 0.15) is 16.1 Å². The fourth-order valence-electron chi connectivity index (χ4n) is 2.77. The Bertz CT molecular complexity index is 1000. The predicted molar refractivity (Wildman–Crippen MR) is 104 cm³/mol. The molecule has 2 aromatic carbocycles. The van der Waals surface area contributed by atoms with Gasteiger partial charge in [0.15, 0.2) is 10.8 Å². The number of carbonyl (C=O) groups excluding carboxylic acids is 3. The third kappa shape index (κ3) is 4.27. The van der Waals surface area contributed by atoms with Gasteiger partial charge in [-0.1, -0.05) is 60.1 Å². The van der Waals surface area contributed by atoms with Crippen LogP contribution in [0.4, 0.5) is 0 Å². The third-order valence-electron chi connectivity index (χ3n) is 4.12. The van der Waals surface area contributed by atoms with E-state index in [1.54, 1.807) is 48.5 Å². The van der Waals surface area contributed by atoms with Gasteiger partial charge in [-0.25, -0.2) is 4.98 Å². The number of halogens is 1. The lowest BCUT2D eigenvalue weighted by molar-refractivity contribution is -0.137. The van der Waals surface area contributed by atoms with Gasteiger partial charge < -0.3 is 11.1 Å². The lowest BCUT2D eigenvalue weighted by atomic mass is 10.0. The highest BCUT2D eigenvalue weighted by Gasteiger charge is 2.28. The minimum absolute atomic E-state index is 0.0219. The number of nitrogens with two attached hydrogens (primary N) is 1. The van der Waals surface area contributed by atoms with Crippen molar-refractivity contribution in [2.45, 2.75) is 12.5 Å². The molecule has 3 aromatic rings. The number of rotatable bonds is 7. The quantitative estimate of drug-likeness (QED) is 0.595. The number of carbonyl (C=O) groups is 3. The maximum Gasteiger partial charge on any atom is 0.287 e. The fourth-order valence-corrected chi connectivity index (χ4v) is 2.99. The van der Waals surface area contributed by atoms with Gasteiger partial charge in [-0.15, -0.1) is 0 Å². The Morgan fingerprint density at radius 3 is 2.25 bits per heavy atom. The summed E-state index contributed by atoms with van der Waals surface area (Å²) in [6.07, 6.45) is 1.53. The molecular formula is C20H17ClN4O3. The molecule has 3 N–H and O–H groups in total. The summed E-state index contributed by atoms with van der Waals surface area (Å²) in [4.78, 5) is 40.5. The highest BCUT2D eigenvalue weighted by atomic mass is 35.5. The second-order valence-electron chi connectivity index (χ2n) is 6.03. The number of ketones is 1. The van der Waals surface area contributed by atoms with Gasteiger partial charge in [0.05, 0.1) is 0 Å². The van der Waals surface area contributed by atoms with E-state index in [4.69, 9.17) is 17.3 Å². The second kappa shape index (κ2) is 8.49. The highest BCUT2D eigenvalue weighted by molar-refractivity contribution is 6.38. The van der Waals surface area contributed by atoms with Crippen molar-refractivity contribution in [3.8, 4) is 5.69 Å². The van der Waals surface area contributed by atoms with Crippen LogP contribution in [0.5, 0.6) is 0 Å². The third-order valence-corrected chi connectivity index (χ3v) is 4.40. The first-order valence-electron chi connectivity index (χ1n) is 8.44. The normalized spacial score (nSPS) is 11.6. The monoisotopic (exact) mass is 396 g/mol. The van der Waals surface area contributed by atoms with Gasteiger partial charge in [0, 0.05) is 12.1 Å². The van der Waals surface area contributed by atoms with Crippen molar-refractivity contribution in [3.05, 3.63) is 83.4 Å². The van der Waals surface area contributed by atoms with E-state index in [0.717, 1.165) is 5.56 Å². The minimum Gasteiger partial charge on any atom is -0.363 e. The van der Waals surface area contributed by atoms with Crippen molar-refractivity contribution in [3.63, 3.8) is 0 Å². The summed E-state index contributed by atoms with van der Waals surface area (Å²) in [5.74, 6) is -2.65. The number of primary amides is 1. The number of para-hydroxylation sites is 1. The Morgan fingerprint density at radius 1 is 1.04 bits per heavy atom.